The van der Waals surface area contributed by atoms with E-state index in [9.17, 15) is 29.0 Å². The maximum absolute atomic E-state index is 13.5. The summed E-state index contributed by atoms with van der Waals surface area (Å²) < 4.78 is 37.9. The van der Waals surface area contributed by atoms with Crippen LogP contribution in [-0.2, 0) is 48.8 Å². The molecule has 5 atom stereocenters. The first-order valence-corrected chi connectivity index (χ1v) is 15.9. The van der Waals surface area contributed by atoms with Crippen LogP contribution in [-0.4, -0.2) is 60.5 Å². The van der Waals surface area contributed by atoms with Gasteiger partial charge in [-0.3, -0.25) is 24.0 Å². The molecule has 0 heterocycles. The van der Waals surface area contributed by atoms with E-state index in [0.29, 0.717) is 5.56 Å². The Hall–Kier alpha value is -3.77. The molecule has 0 spiro atoms. The van der Waals surface area contributed by atoms with Crippen molar-refractivity contribution in [3.8, 4) is 11.1 Å². The molecule has 0 aliphatic heterocycles. The number of nitrogens with one attached hydrogen (secondary N) is 2. The predicted octanol–water partition coefficient (Wildman–Crippen LogP) is 4.90. The molecule has 0 saturated carbocycles. The molecule has 44 heavy (non-hydrogen) atoms. The van der Waals surface area contributed by atoms with Crippen molar-refractivity contribution < 1.29 is 52.4 Å². The molecule has 0 bridgehead atoms. The highest BCUT2D eigenvalue weighted by molar-refractivity contribution is 7.53. The third kappa shape index (κ3) is 12.1. The smallest absolute Gasteiger partial charge is 0.412 e. The van der Waals surface area contributed by atoms with Crippen molar-refractivity contribution >= 4 is 31.5 Å². The minimum atomic E-state index is -4.44. The van der Waals surface area contributed by atoms with Gasteiger partial charge in [0.25, 0.3) is 0 Å². The first-order chi connectivity index (χ1) is 20.8. The fourth-order valence-electron chi connectivity index (χ4n) is 3.95. The molecule has 2 rings (SSSR count). The summed E-state index contributed by atoms with van der Waals surface area (Å²) in [6.07, 6.45) is -4.20. The van der Waals surface area contributed by atoms with Crippen LogP contribution in [0.15, 0.2) is 54.6 Å². The summed E-state index contributed by atoms with van der Waals surface area (Å²) in [5.74, 6) is -3.45. The molecule has 5 unspecified atom stereocenters. The topological polar surface area (TPSA) is 176 Å². The van der Waals surface area contributed by atoms with E-state index in [0.717, 1.165) is 11.1 Å². The van der Waals surface area contributed by atoms with Gasteiger partial charge in [-0.25, -0.2) is 14.8 Å². The van der Waals surface area contributed by atoms with Crippen molar-refractivity contribution in [3.63, 3.8) is 0 Å². The van der Waals surface area contributed by atoms with Crippen LogP contribution in [0.25, 0.3) is 11.1 Å². The first-order valence-electron chi connectivity index (χ1n) is 14.2. The second kappa shape index (κ2) is 17.5. The lowest BCUT2D eigenvalue weighted by Crippen LogP contribution is -2.44. The Morgan fingerprint density at radius 3 is 2.02 bits per heavy atom. The van der Waals surface area contributed by atoms with E-state index in [-0.39, 0.29) is 13.0 Å². The zero-order valence-corrected chi connectivity index (χ0v) is 26.6. The molecule has 13 nitrogen and oxygen atoms in total. The number of ether oxygens (including phenoxy) is 3. The Morgan fingerprint density at radius 1 is 0.841 bits per heavy atom. The summed E-state index contributed by atoms with van der Waals surface area (Å²) >= 11 is 0. The summed E-state index contributed by atoms with van der Waals surface area (Å²) in [5.41, 5.74) is 2.63. The average Bonchev–Trinajstić information content (AvgIpc) is 2.97. The van der Waals surface area contributed by atoms with Gasteiger partial charge in [0.1, 0.15) is 12.3 Å². The van der Waals surface area contributed by atoms with Gasteiger partial charge in [-0.1, -0.05) is 68.4 Å². The Bertz CT molecular complexity index is 1290. The quantitative estimate of drug-likeness (QED) is 0.0751. The Balaban J connectivity index is 2.17. The monoisotopic (exact) mass is 636 g/mol. The molecule has 2 aromatic carbocycles. The van der Waals surface area contributed by atoms with Gasteiger partial charge in [0.15, 0.2) is 0 Å². The number of amides is 2. The van der Waals surface area contributed by atoms with Crippen LogP contribution in [0.1, 0.15) is 47.1 Å². The van der Waals surface area contributed by atoms with Gasteiger partial charge < -0.3 is 19.5 Å². The van der Waals surface area contributed by atoms with E-state index >= 15 is 0 Å². The molecule has 2 aromatic rings. The molecular weight excluding hydrogens is 595 g/mol. The van der Waals surface area contributed by atoms with Crippen molar-refractivity contribution in [2.45, 2.75) is 66.5 Å². The molecule has 0 aromatic heterocycles. The van der Waals surface area contributed by atoms with Gasteiger partial charge in [0.05, 0.1) is 24.6 Å². The SMILES string of the molecule is CCOC(=O)C(C)NC(=O)C(Cc1ccc(-c2ccccc2)cc1)CP(=O)(OO)OC(C)NC(=O)OC(C)OC(=O)C(C)C. The van der Waals surface area contributed by atoms with Crippen LogP contribution in [0.4, 0.5) is 4.79 Å². The van der Waals surface area contributed by atoms with Crippen LogP contribution in [0.2, 0.25) is 0 Å². The predicted molar refractivity (Wildman–Crippen MR) is 160 cm³/mol. The lowest BCUT2D eigenvalue weighted by Gasteiger charge is -2.25. The maximum Gasteiger partial charge on any atom is 0.412 e. The highest BCUT2D eigenvalue weighted by Crippen LogP contribution is 2.50. The van der Waals surface area contributed by atoms with Gasteiger partial charge in [0.2, 0.25) is 12.2 Å². The second-order valence-corrected chi connectivity index (χ2v) is 12.2. The lowest BCUT2D eigenvalue weighted by atomic mass is 9.97. The first kappa shape index (κ1) is 36.4. The molecule has 242 valence electrons. The Labute approximate surface area is 257 Å². The molecular formula is C30H41N2O11P. The fraction of sp³-hybridized carbons (Fsp3) is 0.467. The highest BCUT2D eigenvalue weighted by atomic mass is 31.2. The minimum absolute atomic E-state index is 0.0374. The molecule has 3 N–H and O–H groups in total. The largest absolute Gasteiger partial charge is 0.464 e. The number of carbonyl (C=O) groups is 4. The van der Waals surface area contributed by atoms with Gasteiger partial charge in [-0.15, -0.1) is 0 Å². The number of benzene rings is 2. The molecule has 0 aliphatic carbocycles. The minimum Gasteiger partial charge on any atom is -0.464 e. The number of carbonyl (C=O) groups excluding carboxylic acids is 4. The third-order valence-electron chi connectivity index (χ3n) is 6.15. The van der Waals surface area contributed by atoms with E-state index in [2.05, 4.69) is 15.3 Å². The van der Waals surface area contributed by atoms with Gasteiger partial charge in [-0.2, -0.15) is 4.67 Å². The zero-order valence-electron chi connectivity index (χ0n) is 25.7. The standard InChI is InChI=1S/C30H41N2O11P/c1-7-39-29(35)20(4)31-27(33)26(17-23-13-15-25(16-14-23)24-11-9-8-10-12-24)18-44(38,43-37)42-21(5)32-30(36)41-22(6)40-28(34)19(2)3/h8-16,19-22,26,37H,7,17-18H2,1-6H3,(H,31,33)(H,32,36). The number of hydrogen-bond donors (Lipinski definition) is 3. The van der Waals surface area contributed by atoms with Crippen molar-refractivity contribution in [2.75, 3.05) is 12.8 Å². The average molecular weight is 637 g/mol. The second-order valence-electron chi connectivity index (χ2n) is 10.3. The number of alkyl carbamates (subject to hydrolysis) is 1. The number of esters is 2. The normalized spacial score (nSPS) is 15.2. The van der Waals surface area contributed by atoms with Gasteiger partial charge >= 0.3 is 25.6 Å². The molecule has 0 aliphatic rings. The van der Waals surface area contributed by atoms with Gasteiger partial charge in [-0.05, 0) is 43.9 Å². The van der Waals surface area contributed by atoms with Crippen LogP contribution in [0.3, 0.4) is 0 Å². The zero-order chi connectivity index (χ0) is 32.9. The number of rotatable bonds is 16. The van der Waals surface area contributed by atoms with Crippen molar-refractivity contribution in [1.82, 2.24) is 10.6 Å². The molecule has 0 fully saturated rings. The molecule has 0 saturated heterocycles. The molecule has 0 radical (unpaired) electrons. The maximum atomic E-state index is 13.5. The van der Waals surface area contributed by atoms with E-state index in [1.165, 1.54) is 20.8 Å². The van der Waals surface area contributed by atoms with Crippen LogP contribution in [0.5, 0.6) is 0 Å². The fourth-order valence-corrected chi connectivity index (χ4v) is 5.51. The lowest BCUT2D eigenvalue weighted by molar-refractivity contribution is -0.169. The summed E-state index contributed by atoms with van der Waals surface area (Å²) in [7, 11) is -4.44. The van der Waals surface area contributed by atoms with Gasteiger partial charge in [0, 0.05) is 6.92 Å². The van der Waals surface area contributed by atoms with E-state index in [1.54, 1.807) is 32.9 Å². The summed E-state index contributed by atoms with van der Waals surface area (Å²) in [5, 5.41) is 14.3. The Kier molecular flexibility index (Phi) is 14.5. The van der Waals surface area contributed by atoms with E-state index in [1.807, 2.05) is 42.5 Å². The Morgan fingerprint density at radius 2 is 1.45 bits per heavy atom. The van der Waals surface area contributed by atoms with E-state index < -0.39 is 68.1 Å². The van der Waals surface area contributed by atoms with E-state index in [4.69, 9.17) is 18.7 Å². The van der Waals surface area contributed by atoms with Crippen LogP contribution >= 0.6 is 7.60 Å². The summed E-state index contributed by atoms with van der Waals surface area (Å²) in [6.45, 7) is 9.04. The van der Waals surface area contributed by atoms with Crippen molar-refractivity contribution in [3.05, 3.63) is 60.2 Å². The number of hydrogen-bond acceptors (Lipinski definition) is 11. The van der Waals surface area contributed by atoms with Crippen molar-refractivity contribution in [1.29, 1.82) is 0 Å². The third-order valence-corrected chi connectivity index (χ3v) is 7.92. The van der Waals surface area contributed by atoms with Crippen LogP contribution < -0.4 is 10.6 Å². The molecule has 14 heteroatoms. The van der Waals surface area contributed by atoms with Crippen LogP contribution in [0, 0.1) is 11.8 Å². The summed E-state index contributed by atoms with van der Waals surface area (Å²) in [6, 6.07) is 16.0. The molecule has 2 amide bonds. The summed E-state index contributed by atoms with van der Waals surface area (Å²) in [4.78, 5) is 49.4. The highest BCUT2D eigenvalue weighted by Gasteiger charge is 2.36. The van der Waals surface area contributed by atoms with Crippen molar-refractivity contribution in [2.24, 2.45) is 11.8 Å².